The lowest BCUT2D eigenvalue weighted by Gasteiger charge is -2.20. The summed E-state index contributed by atoms with van der Waals surface area (Å²) in [5.41, 5.74) is 2.44. The van der Waals surface area contributed by atoms with Gasteiger partial charge >= 0.3 is 5.89 Å². The van der Waals surface area contributed by atoms with E-state index in [-0.39, 0.29) is 0 Å². The Hall–Kier alpha value is -1.25. The molecule has 2 rings (SSSR count). The Bertz CT molecular complexity index is 323. The molecule has 1 unspecified atom stereocenters. The highest BCUT2D eigenvalue weighted by molar-refractivity contribution is 5.58. The van der Waals surface area contributed by atoms with Gasteiger partial charge in [-0.3, -0.25) is 0 Å². The molecule has 0 bridgehead atoms. The second kappa shape index (κ2) is 3.24. The van der Waals surface area contributed by atoms with Crippen molar-refractivity contribution in [2.75, 3.05) is 0 Å². The number of hydrogen-bond acceptors (Lipinski definition) is 3. The normalized spacial score (nSPS) is 22.8. The fourth-order valence-electron chi connectivity index (χ4n) is 1.66. The molecule has 1 aromatic rings. The Labute approximate surface area is 77.0 Å². The lowest BCUT2D eigenvalue weighted by molar-refractivity contribution is -0.0850. The largest absolute Gasteiger partial charge is 0.314 e. The van der Waals surface area contributed by atoms with E-state index >= 15 is 0 Å². The van der Waals surface area contributed by atoms with Crippen LogP contribution in [0.15, 0.2) is 27.5 Å². The summed E-state index contributed by atoms with van der Waals surface area (Å²) in [6.45, 7) is 6.05. The molecule has 0 aliphatic heterocycles. The van der Waals surface area contributed by atoms with Crippen molar-refractivity contribution < 1.29 is 9.26 Å². The van der Waals surface area contributed by atoms with E-state index in [0.717, 1.165) is 19.3 Å². The minimum absolute atomic E-state index is 0.630. The van der Waals surface area contributed by atoms with Gasteiger partial charge in [0.25, 0.3) is 0 Å². The molecular formula is C10H13NO2. The first kappa shape index (κ1) is 8.35. The minimum atomic E-state index is 0.630. The Morgan fingerprint density at radius 1 is 1.69 bits per heavy atom. The van der Waals surface area contributed by atoms with E-state index in [4.69, 9.17) is 4.58 Å². The van der Waals surface area contributed by atoms with Crippen LogP contribution < -0.4 is 0 Å². The van der Waals surface area contributed by atoms with Gasteiger partial charge in [-0.05, 0) is 32.1 Å². The quantitative estimate of drug-likeness (QED) is 0.517. The minimum Gasteiger partial charge on any atom is -0.243 e. The molecule has 0 N–H and O–H groups in total. The van der Waals surface area contributed by atoms with E-state index in [1.807, 2.05) is 0 Å². The molecule has 1 aliphatic carbocycles. The highest BCUT2D eigenvalue weighted by Gasteiger charge is 2.19. The highest BCUT2D eigenvalue weighted by atomic mass is 17.0. The number of nitrogens with zero attached hydrogens (tertiary/aromatic N) is 1. The van der Waals surface area contributed by atoms with Crippen molar-refractivity contribution in [1.29, 1.82) is 0 Å². The summed E-state index contributed by atoms with van der Waals surface area (Å²) in [5, 5.41) is 3.67. The maximum Gasteiger partial charge on any atom is 0.314 e. The van der Waals surface area contributed by atoms with Gasteiger partial charge in [-0.2, -0.15) is 4.68 Å². The first-order chi connectivity index (χ1) is 6.27. The van der Waals surface area contributed by atoms with E-state index in [0.29, 0.717) is 11.8 Å². The van der Waals surface area contributed by atoms with Crippen LogP contribution in [0.1, 0.15) is 32.1 Å². The lowest BCUT2D eigenvalue weighted by Crippen LogP contribution is -2.07. The molecule has 1 atom stereocenters. The summed E-state index contributed by atoms with van der Waals surface area (Å²) < 4.78 is 9.02. The van der Waals surface area contributed by atoms with Gasteiger partial charge in [-0.1, -0.05) is 18.2 Å². The zero-order valence-electron chi connectivity index (χ0n) is 7.75. The van der Waals surface area contributed by atoms with Crippen molar-refractivity contribution in [3.63, 3.8) is 0 Å². The fourth-order valence-corrected chi connectivity index (χ4v) is 1.66. The topological polar surface area (TPSA) is 39.2 Å². The van der Waals surface area contributed by atoms with E-state index in [1.165, 1.54) is 11.1 Å². The van der Waals surface area contributed by atoms with Crippen molar-refractivity contribution in [1.82, 2.24) is 5.16 Å². The van der Waals surface area contributed by atoms with Gasteiger partial charge in [0.05, 0.1) is 0 Å². The van der Waals surface area contributed by atoms with Crippen LogP contribution in [-0.4, -0.2) is 5.16 Å². The van der Waals surface area contributed by atoms with Crippen LogP contribution in [-0.2, 0) is 0 Å². The summed E-state index contributed by atoms with van der Waals surface area (Å²) in [6, 6.07) is 0. The van der Waals surface area contributed by atoms with Crippen LogP contribution in [0.5, 0.6) is 0 Å². The molecule has 3 heteroatoms. The molecular weight excluding hydrogens is 166 g/mol. The first-order valence-corrected chi connectivity index (χ1v) is 4.54. The number of rotatable bonds is 2. The molecule has 0 fully saturated rings. The molecule has 3 nitrogen and oxygen atoms in total. The van der Waals surface area contributed by atoms with Crippen molar-refractivity contribution in [3.8, 4) is 0 Å². The van der Waals surface area contributed by atoms with E-state index in [2.05, 4.69) is 29.4 Å². The SMILES string of the molecule is C=C(C)C1CC=C(c2noo2)CC1. The fraction of sp³-hybridized carbons (Fsp3) is 0.500. The number of aromatic nitrogens is 1. The molecule has 0 saturated carbocycles. The Morgan fingerprint density at radius 3 is 2.85 bits per heavy atom. The van der Waals surface area contributed by atoms with Gasteiger partial charge in [0.1, 0.15) is 0 Å². The number of hydrogen-bond donors (Lipinski definition) is 0. The molecule has 0 amide bonds. The monoisotopic (exact) mass is 179 g/mol. The van der Waals surface area contributed by atoms with Crippen LogP contribution in [0.4, 0.5) is 0 Å². The number of allylic oxidation sites excluding steroid dienone is 3. The molecule has 70 valence electrons. The van der Waals surface area contributed by atoms with Crippen molar-refractivity contribution in [3.05, 3.63) is 24.1 Å². The summed E-state index contributed by atoms with van der Waals surface area (Å²) in [6.07, 6.45) is 5.38. The summed E-state index contributed by atoms with van der Waals surface area (Å²) in [5.74, 6) is 1.28. The van der Waals surface area contributed by atoms with E-state index in [9.17, 15) is 0 Å². The summed E-state index contributed by atoms with van der Waals surface area (Å²) in [7, 11) is 0. The van der Waals surface area contributed by atoms with Crippen LogP contribution >= 0.6 is 0 Å². The molecule has 0 aromatic carbocycles. The van der Waals surface area contributed by atoms with Crippen LogP contribution in [0.25, 0.3) is 5.57 Å². The van der Waals surface area contributed by atoms with Gasteiger partial charge < -0.3 is 0 Å². The molecule has 0 saturated heterocycles. The van der Waals surface area contributed by atoms with Gasteiger partial charge in [0, 0.05) is 10.7 Å². The third-order valence-electron chi connectivity index (χ3n) is 2.62. The summed E-state index contributed by atoms with van der Waals surface area (Å²) in [4.78, 5) is 0. The maximum absolute atomic E-state index is 4.73. The first-order valence-electron chi connectivity index (χ1n) is 4.54. The molecule has 0 spiro atoms. The zero-order chi connectivity index (χ0) is 9.26. The third kappa shape index (κ3) is 1.59. The summed E-state index contributed by atoms with van der Waals surface area (Å²) >= 11 is 0. The van der Waals surface area contributed by atoms with Crippen molar-refractivity contribution >= 4 is 5.57 Å². The van der Waals surface area contributed by atoms with Gasteiger partial charge in [0.15, 0.2) is 0 Å². The van der Waals surface area contributed by atoms with Gasteiger partial charge in [-0.15, -0.1) is 0 Å². The van der Waals surface area contributed by atoms with Crippen LogP contribution in [0.2, 0.25) is 0 Å². The average Bonchev–Trinajstić information content (AvgIpc) is 2.02. The molecule has 13 heavy (non-hydrogen) atoms. The van der Waals surface area contributed by atoms with Crippen molar-refractivity contribution in [2.45, 2.75) is 26.2 Å². The molecule has 1 heterocycles. The standard InChI is InChI=1S/C10H13NO2/c1-7(2)8-3-5-9(6-4-8)10-11-13-12-10/h5,8H,1,3-4,6H2,2H3. The van der Waals surface area contributed by atoms with Crippen molar-refractivity contribution in [2.24, 2.45) is 5.92 Å². The van der Waals surface area contributed by atoms with Gasteiger partial charge in [-0.25, -0.2) is 4.58 Å². The lowest BCUT2D eigenvalue weighted by atomic mass is 9.85. The predicted octanol–water partition coefficient (Wildman–Crippen LogP) is 3.03. The average molecular weight is 179 g/mol. The van der Waals surface area contributed by atoms with Crippen LogP contribution in [0.3, 0.4) is 0 Å². The molecule has 1 aromatic heterocycles. The highest BCUT2D eigenvalue weighted by Crippen LogP contribution is 2.32. The van der Waals surface area contributed by atoms with E-state index < -0.39 is 0 Å². The third-order valence-corrected chi connectivity index (χ3v) is 2.62. The van der Waals surface area contributed by atoms with Gasteiger partial charge in [0.2, 0.25) is 0 Å². The second-order valence-corrected chi connectivity index (χ2v) is 3.60. The Kier molecular flexibility index (Phi) is 2.08. The van der Waals surface area contributed by atoms with E-state index in [1.54, 1.807) is 0 Å². The van der Waals surface area contributed by atoms with Crippen LogP contribution in [0, 0.1) is 5.92 Å². The maximum atomic E-state index is 4.73. The second-order valence-electron chi connectivity index (χ2n) is 3.60. The molecule has 0 radical (unpaired) electrons. The predicted molar refractivity (Wildman–Crippen MR) is 48.9 cm³/mol. The Balaban J connectivity index is 2.03. The zero-order valence-corrected chi connectivity index (χ0v) is 7.75. The smallest absolute Gasteiger partial charge is 0.243 e. The Morgan fingerprint density at radius 2 is 2.46 bits per heavy atom. The molecule has 1 aliphatic rings.